The number of hydrogen-bond donors (Lipinski definition) is 0. The van der Waals surface area contributed by atoms with Crippen LogP contribution in [0.3, 0.4) is 0 Å². The molecule has 2 nitrogen and oxygen atoms in total. The highest BCUT2D eigenvalue weighted by atomic mass is 16.5. The first-order valence-corrected chi connectivity index (χ1v) is 13.0. The van der Waals surface area contributed by atoms with Gasteiger partial charge in [-0.1, -0.05) is 124 Å². The van der Waals surface area contributed by atoms with E-state index in [2.05, 4.69) is 30.8 Å². The van der Waals surface area contributed by atoms with E-state index in [4.69, 9.17) is 4.74 Å². The fourth-order valence-corrected chi connectivity index (χ4v) is 4.05. The van der Waals surface area contributed by atoms with Gasteiger partial charge < -0.3 is 4.74 Å². The van der Waals surface area contributed by atoms with Crippen molar-refractivity contribution < 1.29 is 9.53 Å². The van der Waals surface area contributed by atoms with E-state index in [1.54, 1.807) is 6.08 Å². The third-order valence-electron chi connectivity index (χ3n) is 6.21. The molecule has 3 aromatic rings. The van der Waals surface area contributed by atoms with Gasteiger partial charge in [-0.3, -0.25) is 4.79 Å². The molecule has 0 radical (unpaired) electrons. The van der Waals surface area contributed by atoms with Gasteiger partial charge in [0, 0.05) is 5.56 Å². The van der Waals surface area contributed by atoms with E-state index < -0.39 is 0 Å². The molecule has 182 valence electrons. The van der Waals surface area contributed by atoms with Crippen molar-refractivity contribution in [1.29, 1.82) is 0 Å². The second kappa shape index (κ2) is 15.5. The van der Waals surface area contributed by atoms with Gasteiger partial charge in [0.1, 0.15) is 5.75 Å². The second-order valence-corrected chi connectivity index (χ2v) is 9.01. The maximum Gasteiger partial charge on any atom is 0.185 e. The lowest BCUT2D eigenvalue weighted by Gasteiger charge is -2.07. The molecule has 0 spiro atoms. The summed E-state index contributed by atoms with van der Waals surface area (Å²) in [6.07, 6.45) is 16.7. The lowest BCUT2D eigenvalue weighted by atomic mass is 10.0. The maximum atomic E-state index is 12.2. The summed E-state index contributed by atoms with van der Waals surface area (Å²) in [7, 11) is 0. The Kier molecular flexibility index (Phi) is 11.6. The first kappa shape index (κ1) is 26.2. The molecule has 3 rings (SSSR count). The molecule has 0 aromatic heterocycles. The van der Waals surface area contributed by atoms with E-state index in [0.717, 1.165) is 24.3 Å². The van der Waals surface area contributed by atoms with Gasteiger partial charge in [0.25, 0.3) is 0 Å². The van der Waals surface area contributed by atoms with Crippen LogP contribution in [0.2, 0.25) is 0 Å². The predicted octanol–water partition coefficient (Wildman–Crippen LogP) is 8.97. The first-order valence-electron chi connectivity index (χ1n) is 13.0. The highest BCUT2D eigenvalue weighted by Gasteiger charge is 2.00. The van der Waals surface area contributed by atoms with Crippen LogP contribution in [-0.2, 0) is 6.42 Å². The Bertz CT molecular complexity index is 1030. The molecule has 0 heterocycles. The number of unbranched alkanes of at least 4 members (excludes halogenated alkanes) is 7. The Morgan fingerprint density at radius 3 is 1.94 bits per heavy atom. The van der Waals surface area contributed by atoms with Crippen molar-refractivity contribution in [3.05, 3.63) is 114 Å². The summed E-state index contributed by atoms with van der Waals surface area (Å²) in [5.74, 6) is 0.899. The van der Waals surface area contributed by atoms with E-state index in [1.807, 2.05) is 66.7 Å². The summed E-state index contributed by atoms with van der Waals surface area (Å²) >= 11 is 0. The van der Waals surface area contributed by atoms with Crippen molar-refractivity contribution >= 4 is 17.9 Å². The normalized spacial score (nSPS) is 11.0. The van der Waals surface area contributed by atoms with Crippen LogP contribution in [0.4, 0.5) is 0 Å². The van der Waals surface area contributed by atoms with Crippen molar-refractivity contribution in [2.75, 3.05) is 6.61 Å². The number of aryl methyl sites for hydroxylation is 1. The Balaban J connectivity index is 1.18. The number of ether oxygens (including phenoxy) is 1. The molecule has 0 amide bonds. The van der Waals surface area contributed by atoms with Gasteiger partial charge in [-0.25, -0.2) is 0 Å². The van der Waals surface area contributed by atoms with E-state index in [-0.39, 0.29) is 5.78 Å². The third kappa shape index (κ3) is 10.2. The first-order chi connectivity index (χ1) is 17.2. The van der Waals surface area contributed by atoms with Crippen LogP contribution < -0.4 is 4.74 Å². The fourth-order valence-electron chi connectivity index (χ4n) is 4.05. The Morgan fingerprint density at radius 1 is 0.686 bits per heavy atom. The molecule has 0 saturated heterocycles. The largest absolute Gasteiger partial charge is 0.494 e. The molecule has 3 aromatic carbocycles. The minimum absolute atomic E-state index is 0.0145. The van der Waals surface area contributed by atoms with Crippen LogP contribution >= 0.6 is 0 Å². The Hall–Kier alpha value is -3.39. The molecule has 0 N–H and O–H groups in total. The maximum absolute atomic E-state index is 12.2. The van der Waals surface area contributed by atoms with Gasteiger partial charge in [0.05, 0.1) is 6.61 Å². The van der Waals surface area contributed by atoms with Crippen molar-refractivity contribution in [2.24, 2.45) is 0 Å². The number of carbonyl (C=O) groups excluding carboxylic acids is 1. The minimum Gasteiger partial charge on any atom is -0.494 e. The number of carbonyl (C=O) groups is 1. The van der Waals surface area contributed by atoms with Crippen molar-refractivity contribution in [3.63, 3.8) is 0 Å². The Labute approximate surface area is 211 Å². The van der Waals surface area contributed by atoms with Crippen LogP contribution in [0.15, 0.2) is 91.5 Å². The zero-order valence-electron chi connectivity index (χ0n) is 20.8. The molecule has 0 aliphatic heterocycles. The number of benzene rings is 3. The van der Waals surface area contributed by atoms with Crippen LogP contribution in [-0.4, -0.2) is 12.4 Å². The predicted molar refractivity (Wildman–Crippen MR) is 149 cm³/mol. The lowest BCUT2D eigenvalue weighted by molar-refractivity contribution is 0.104. The van der Waals surface area contributed by atoms with Gasteiger partial charge in [0.15, 0.2) is 5.78 Å². The molecular weight excluding hydrogens is 428 g/mol. The van der Waals surface area contributed by atoms with Crippen molar-refractivity contribution in [2.45, 2.75) is 57.8 Å². The number of rotatable bonds is 16. The summed E-state index contributed by atoms with van der Waals surface area (Å²) in [5.41, 5.74) is 4.32. The molecule has 0 saturated carbocycles. The number of allylic oxidation sites excluding steroid dienone is 1. The van der Waals surface area contributed by atoms with Gasteiger partial charge in [-0.15, -0.1) is 0 Å². The lowest BCUT2D eigenvalue weighted by Crippen LogP contribution is -1.97. The number of ketones is 1. The molecule has 0 fully saturated rings. The van der Waals surface area contributed by atoms with Crippen LogP contribution in [0.5, 0.6) is 5.75 Å². The molecule has 0 unspecified atom stereocenters. The SMILES string of the molecule is C=Cc1ccc(CCCCCCCCCCOc2ccc(/C=C/C(=O)c3ccccc3)cc2)cc1. The van der Waals surface area contributed by atoms with E-state index in [9.17, 15) is 4.79 Å². The molecule has 0 atom stereocenters. The summed E-state index contributed by atoms with van der Waals surface area (Å²) in [5, 5.41) is 0. The summed E-state index contributed by atoms with van der Waals surface area (Å²) < 4.78 is 5.88. The van der Waals surface area contributed by atoms with Crippen LogP contribution in [0, 0.1) is 0 Å². The van der Waals surface area contributed by atoms with E-state index in [0.29, 0.717) is 5.56 Å². The number of hydrogen-bond acceptors (Lipinski definition) is 2. The van der Waals surface area contributed by atoms with E-state index >= 15 is 0 Å². The summed E-state index contributed by atoms with van der Waals surface area (Å²) in [4.78, 5) is 12.2. The van der Waals surface area contributed by atoms with Gasteiger partial charge >= 0.3 is 0 Å². The molecule has 0 aliphatic rings. The summed E-state index contributed by atoms with van der Waals surface area (Å²) in [6, 6.07) is 26.0. The molecule has 0 aliphatic carbocycles. The second-order valence-electron chi connectivity index (χ2n) is 9.01. The highest BCUT2D eigenvalue weighted by molar-refractivity contribution is 6.06. The van der Waals surface area contributed by atoms with Gasteiger partial charge in [0.2, 0.25) is 0 Å². The fraction of sp³-hybridized carbons (Fsp3) is 0.303. The topological polar surface area (TPSA) is 26.3 Å². The van der Waals surface area contributed by atoms with Crippen LogP contribution in [0.1, 0.15) is 78.4 Å². The Morgan fingerprint density at radius 2 is 1.29 bits per heavy atom. The zero-order chi connectivity index (χ0) is 24.6. The van der Waals surface area contributed by atoms with E-state index in [1.165, 1.54) is 62.5 Å². The zero-order valence-corrected chi connectivity index (χ0v) is 20.8. The van der Waals surface area contributed by atoms with Gasteiger partial charge in [-0.05, 0) is 54.2 Å². The molecule has 0 bridgehead atoms. The summed E-state index contributed by atoms with van der Waals surface area (Å²) in [6.45, 7) is 4.56. The minimum atomic E-state index is 0.0145. The van der Waals surface area contributed by atoms with Crippen molar-refractivity contribution in [1.82, 2.24) is 0 Å². The molecule has 35 heavy (non-hydrogen) atoms. The average molecular weight is 467 g/mol. The standard InChI is InChI=1S/C33H38O2/c1-2-28-17-19-29(20-18-28)14-10-7-5-3-4-6-8-13-27-35-32-24-21-30(22-25-32)23-26-33(34)31-15-11-9-12-16-31/h2,9,11-12,15-26H,1,3-8,10,13-14,27H2/b26-23+. The van der Waals surface area contributed by atoms with Crippen molar-refractivity contribution in [3.8, 4) is 5.75 Å². The average Bonchev–Trinajstić information content (AvgIpc) is 2.92. The third-order valence-corrected chi connectivity index (χ3v) is 6.21. The quantitative estimate of drug-likeness (QED) is 0.120. The smallest absolute Gasteiger partial charge is 0.185 e. The monoisotopic (exact) mass is 466 g/mol. The van der Waals surface area contributed by atoms with Crippen LogP contribution in [0.25, 0.3) is 12.2 Å². The van der Waals surface area contributed by atoms with Gasteiger partial charge in [-0.2, -0.15) is 0 Å². The molecule has 2 heteroatoms. The molecular formula is C33H38O2. The highest BCUT2D eigenvalue weighted by Crippen LogP contribution is 2.16.